The minimum atomic E-state index is 0.970. The first-order valence-corrected chi connectivity index (χ1v) is 4.48. The molecule has 1 heteroatoms. The van der Waals surface area contributed by atoms with Crippen molar-refractivity contribution in [3.8, 4) is 0 Å². The molecule has 0 aromatic carbocycles. The molecule has 0 saturated carbocycles. The standard InChI is InChI=1S/C11H16O/c1-3-5-10-6-4-7-11(12-2)9-8-10/h6-9H,3-5H2,1-2H3. The lowest BCUT2D eigenvalue weighted by Crippen LogP contribution is -1.79. The summed E-state index contributed by atoms with van der Waals surface area (Å²) >= 11 is 0. The largest absolute Gasteiger partial charge is 0.497 e. The van der Waals surface area contributed by atoms with Gasteiger partial charge in [0.2, 0.25) is 0 Å². The monoisotopic (exact) mass is 164 g/mol. The van der Waals surface area contributed by atoms with Crippen LogP contribution in [0.4, 0.5) is 0 Å². The van der Waals surface area contributed by atoms with E-state index >= 15 is 0 Å². The fourth-order valence-corrected chi connectivity index (χ4v) is 1.28. The predicted octanol–water partition coefficient (Wildman–Crippen LogP) is 3.20. The lowest BCUT2D eigenvalue weighted by Gasteiger charge is -1.97. The van der Waals surface area contributed by atoms with Crippen LogP contribution in [0.2, 0.25) is 0 Å². The van der Waals surface area contributed by atoms with Gasteiger partial charge in [0, 0.05) is 0 Å². The SMILES string of the molecule is CCCC1=CCC=C(OC)C=C1. The van der Waals surface area contributed by atoms with Gasteiger partial charge in [-0.1, -0.05) is 31.1 Å². The number of hydrogen-bond donors (Lipinski definition) is 0. The second-order valence-corrected chi connectivity index (χ2v) is 2.91. The number of ether oxygens (including phenoxy) is 1. The highest BCUT2D eigenvalue weighted by atomic mass is 16.5. The molecular formula is C11H16O. The van der Waals surface area contributed by atoms with Gasteiger partial charge in [-0.05, 0) is 25.0 Å². The predicted molar refractivity (Wildman–Crippen MR) is 51.8 cm³/mol. The highest BCUT2D eigenvalue weighted by Gasteiger charge is 1.96. The Bertz CT molecular complexity index is 221. The third-order valence-electron chi connectivity index (χ3n) is 1.94. The van der Waals surface area contributed by atoms with E-state index in [0.717, 1.165) is 12.2 Å². The van der Waals surface area contributed by atoms with Gasteiger partial charge < -0.3 is 4.74 Å². The lowest BCUT2D eigenvalue weighted by atomic mass is 10.1. The smallest absolute Gasteiger partial charge is 0.115 e. The van der Waals surface area contributed by atoms with Gasteiger partial charge in [0.1, 0.15) is 5.76 Å². The maximum absolute atomic E-state index is 5.14. The Balaban J connectivity index is 2.58. The van der Waals surface area contributed by atoms with Gasteiger partial charge in [0.15, 0.2) is 0 Å². The first kappa shape index (κ1) is 9.11. The Morgan fingerprint density at radius 2 is 2.17 bits per heavy atom. The molecule has 0 radical (unpaired) electrons. The molecular weight excluding hydrogens is 148 g/mol. The summed E-state index contributed by atoms with van der Waals surface area (Å²) in [6, 6.07) is 0. The number of rotatable bonds is 3. The Labute approximate surface area is 74.4 Å². The van der Waals surface area contributed by atoms with Crippen LogP contribution in [0.15, 0.2) is 35.6 Å². The summed E-state index contributed by atoms with van der Waals surface area (Å²) in [4.78, 5) is 0. The molecule has 1 aliphatic rings. The van der Waals surface area contributed by atoms with E-state index in [1.54, 1.807) is 7.11 Å². The van der Waals surface area contributed by atoms with Crippen LogP contribution < -0.4 is 0 Å². The summed E-state index contributed by atoms with van der Waals surface area (Å²) in [7, 11) is 1.71. The van der Waals surface area contributed by atoms with E-state index < -0.39 is 0 Å². The van der Waals surface area contributed by atoms with E-state index in [-0.39, 0.29) is 0 Å². The first-order valence-electron chi connectivity index (χ1n) is 4.48. The topological polar surface area (TPSA) is 9.23 Å². The van der Waals surface area contributed by atoms with Crippen LogP contribution >= 0.6 is 0 Å². The quantitative estimate of drug-likeness (QED) is 0.622. The van der Waals surface area contributed by atoms with E-state index in [9.17, 15) is 0 Å². The van der Waals surface area contributed by atoms with Crippen LogP contribution in [-0.2, 0) is 4.74 Å². The molecule has 0 heterocycles. The van der Waals surface area contributed by atoms with E-state index in [1.807, 2.05) is 6.08 Å². The second-order valence-electron chi connectivity index (χ2n) is 2.91. The van der Waals surface area contributed by atoms with Gasteiger partial charge in [-0.15, -0.1) is 0 Å². The highest BCUT2D eigenvalue weighted by Crippen LogP contribution is 2.14. The van der Waals surface area contributed by atoms with Gasteiger partial charge in [0.25, 0.3) is 0 Å². The van der Waals surface area contributed by atoms with Crippen LogP contribution in [0.25, 0.3) is 0 Å². The van der Waals surface area contributed by atoms with Crippen LogP contribution in [0.1, 0.15) is 26.2 Å². The van der Waals surface area contributed by atoms with Crippen molar-refractivity contribution in [2.45, 2.75) is 26.2 Å². The molecule has 0 bridgehead atoms. The van der Waals surface area contributed by atoms with Crippen molar-refractivity contribution in [3.63, 3.8) is 0 Å². The van der Waals surface area contributed by atoms with E-state index in [1.165, 1.54) is 18.4 Å². The van der Waals surface area contributed by atoms with Crippen molar-refractivity contribution in [1.29, 1.82) is 0 Å². The molecule has 0 amide bonds. The van der Waals surface area contributed by atoms with Crippen LogP contribution in [0.5, 0.6) is 0 Å². The van der Waals surface area contributed by atoms with Crippen molar-refractivity contribution in [2.75, 3.05) is 7.11 Å². The number of allylic oxidation sites excluding steroid dienone is 5. The highest BCUT2D eigenvalue weighted by molar-refractivity contribution is 5.29. The van der Waals surface area contributed by atoms with E-state index in [4.69, 9.17) is 4.74 Å². The Kier molecular flexibility index (Phi) is 3.65. The summed E-state index contributed by atoms with van der Waals surface area (Å²) in [6.45, 7) is 2.20. The molecule has 0 aromatic heterocycles. The Morgan fingerprint density at radius 1 is 1.33 bits per heavy atom. The maximum Gasteiger partial charge on any atom is 0.115 e. The summed E-state index contributed by atoms with van der Waals surface area (Å²) in [5, 5.41) is 0. The van der Waals surface area contributed by atoms with E-state index in [0.29, 0.717) is 0 Å². The van der Waals surface area contributed by atoms with Crippen LogP contribution in [-0.4, -0.2) is 7.11 Å². The van der Waals surface area contributed by atoms with Gasteiger partial charge in [-0.3, -0.25) is 0 Å². The van der Waals surface area contributed by atoms with Gasteiger partial charge in [-0.25, -0.2) is 0 Å². The van der Waals surface area contributed by atoms with Gasteiger partial charge in [0.05, 0.1) is 7.11 Å². The molecule has 0 spiro atoms. The third-order valence-corrected chi connectivity index (χ3v) is 1.94. The summed E-state index contributed by atoms with van der Waals surface area (Å²) in [5.74, 6) is 0.970. The third kappa shape index (κ3) is 2.57. The van der Waals surface area contributed by atoms with Crippen molar-refractivity contribution < 1.29 is 4.74 Å². The van der Waals surface area contributed by atoms with Crippen molar-refractivity contribution >= 4 is 0 Å². The summed E-state index contributed by atoms with van der Waals surface area (Å²) in [5.41, 5.74) is 1.42. The average molecular weight is 164 g/mol. The Morgan fingerprint density at radius 3 is 2.83 bits per heavy atom. The first-order chi connectivity index (χ1) is 5.86. The summed E-state index contributed by atoms with van der Waals surface area (Å²) < 4.78 is 5.14. The molecule has 0 fully saturated rings. The average Bonchev–Trinajstić information content (AvgIpc) is 2.31. The Hall–Kier alpha value is -0.980. The molecule has 0 unspecified atom stereocenters. The number of methoxy groups -OCH3 is 1. The summed E-state index contributed by atoms with van der Waals surface area (Å²) in [6.07, 6.45) is 11.9. The lowest BCUT2D eigenvalue weighted by molar-refractivity contribution is 0.306. The number of hydrogen-bond acceptors (Lipinski definition) is 1. The minimum Gasteiger partial charge on any atom is -0.497 e. The van der Waals surface area contributed by atoms with Gasteiger partial charge in [-0.2, -0.15) is 0 Å². The molecule has 1 aliphatic carbocycles. The molecule has 12 heavy (non-hydrogen) atoms. The van der Waals surface area contributed by atoms with Crippen molar-refractivity contribution in [3.05, 3.63) is 35.6 Å². The van der Waals surface area contributed by atoms with Crippen LogP contribution in [0, 0.1) is 0 Å². The normalized spacial score (nSPS) is 16.5. The molecule has 0 N–H and O–H groups in total. The molecule has 0 atom stereocenters. The van der Waals surface area contributed by atoms with Crippen LogP contribution in [0.3, 0.4) is 0 Å². The maximum atomic E-state index is 5.14. The zero-order valence-corrected chi connectivity index (χ0v) is 7.84. The molecule has 0 aromatic rings. The van der Waals surface area contributed by atoms with Gasteiger partial charge >= 0.3 is 0 Å². The molecule has 1 nitrogen and oxygen atoms in total. The fraction of sp³-hybridized carbons (Fsp3) is 0.455. The zero-order valence-electron chi connectivity index (χ0n) is 7.84. The zero-order chi connectivity index (χ0) is 8.81. The van der Waals surface area contributed by atoms with Crippen molar-refractivity contribution in [2.24, 2.45) is 0 Å². The molecule has 0 aliphatic heterocycles. The van der Waals surface area contributed by atoms with Crippen molar-refractivity contribution in [1.82, 2.24) is 0 Å². The molecule has 1 rings (SSSR count). The second kappa shape index (κ2) is 4.81. The minimum absolute atomic E-state index is 0.970. The molecule has 66 valence electrons. The molecule has 0 saturated heterocycles. The van der Waals surface area contributed by atoms with E-state index in [2.05, 4.69) is 25.2 Å². The fourth-order valence-electron chi connectivity index (χ4n) is 1.28.